The number of fused-ring (bicyclic) bond motifs is 1. The van der Waals surface area contributed by atoms with Gasteiger partial charge in [0.05, 0.1) is 30.0 Å². The van der Waals surface area contributed by atoms with Crippen LogP contribution in [0.2, 0.25) is 0 Å². The Morgan fingerprint density at radius 1 is 1.29 bits per heavy atom. The van der Waals surface area contributed by atoms with Gasteiger partial charge in [0.2, 0.25) is 0 Å². The van der Waals surface area contributed by atoms with E-state index in [1.54, 1.807) is 24.6 Å². The highest BCUT2D eigenvalue weighted by atomic mass is 16.3. The molecule has 7 nitrogen and oxygen atoms in total. The lowest BCUT2D eigenvalue weighted by Crippen LogP contribution is -2.24. The number of pyridine rings is 1. The van der Waals surface area contributed by atoms with E-state index < -0.39 is 0 Å². The first-order valence-corrected chi connectivity index (χ1v) is 9.27. The molecule has 0 saturated carbocycles. The molecule has 7 heteroatoms. The van der Waals surface area contributed by atoms with E-state index in [0.29, 0.717) is 29.2 Å². The third kappa shape index (κ3) is 3.09. The summed E-state index contributed by atoms with van der Waals surface area (Å²) in [5, 5.41) is 8.18. The van der Waals surface area contributed by atoms with Crippen LogP contribution in [-0.4, -0.2) is 25.2 Å². The molecule has 4 aromatic heterocycles. The molecule has 1 amide bonds. The molecular formula is C21H23N5O2. The summed E-state index contributed by atoms with van der Waals surface area (Å²) in [6.45, 7) is 6.55. The maximum Gasteiger partial charge on any atom is 0.252 e. The molecule has 0 spiro atoms. The normalized spacial score (nSPS) is 11.5. The zero-order valence-corrected chi connectivity index (χ0v) is 16.4. The number of carbonyl (C=O) groups is 1. The number of carbonyl (C=O) groups excluding carboxylic acids is 1. The third-order valence-electron chi connectivity index (χ3n) is 4.98. The van der Waals surface area contributed by atoms with Crippen LogP contribution >= 0.6 is 0 Å². The van der Waals surface area contributed by atoms with Gasteiger partial charge < -0.3 is 14.3 Å². The summed E-state index contributed by atoms with van der Waals surface area (Å²) in [6.07, 6.45) is 3.30. The van der Waals surface area contributed by atoms with Crippen LogP contribution in [0.3, 0.4) is 0 Å². The fraction of sp³-hybridized carbons (Fsp3) is 0.286. The number of nitrogens with one attached hydrogen (secondary N) is 1. The van der Waals surface area contributed by atoms with E-state index in [0.717, 1.165) is 16.8 Å². The first-order valence-electron chi connectivity index (χ1n) is 9.27. The molecule has 0 atom stereocenters. The number of aryl methyl sites for hydroxylation is 1. The zero-order chi connectivity index (χ0) is 19.8. The summed E-state index contributed by atoms with van der Waals surface area (Å²) in [5.41, 5.74) is 4.01. The maximum atomic E-state index is 13.0. The SMILES string of the molecule is Cc1ccc(CNC(=O)c2cc(-c3ccco3)nc3c2cnn3C(C)C)n1C. The van der Waals surface area contributed by atoms with Gasteiger partial charge >= 0.3 is 0 Å². The fourth-order valence-corrected chi connectivity index (χ4v) is 3.24. The smallest absolute Gasteiger partial charge is 0.252 e. The highest BCUT2D eigenvalue weighted by molar-refractivity contribution is 6.06. The standard InChI is InChI=1S/C21H23N5O2/c1-13(2)26-20-17(12-23-26)16(10-18(24-20)19-6-5-9-28-19)21(27)22-11-15-8-7-14(3)25(15)4/h5-10,12-13H,11H2,1-4H3,(H,22,27). The minimum atomic E-state index is -0.164. The molecule has 4 rings (SSSR count). The molecule has 0 bridgehead atoms. The lowest BCUT2D eigenvalue weighted by atomic mass is 10.1. The van der Waals surface area contributed by atoms with Crippen LogP contribution in [0.25, 0.3) is 22.5 Å². The van der Waals surface area contributed by atoms with E-state index in [4.69, 9.17) is 9.40 Å². The van der Waals surface area contributed by atoms with E-state index in [9.17, 15) is 4.79 Å². The fourth-order valence-electron chi connectivity index (χ4n) is 3.24. The second kappa shape index (κ2) is 6.99. The van der Waals surface area contributed by atoms with Gasteiger partial charge in [0.25, 0.3) is 5.91 Å². The van der Waals surface area contributed by atoms with Crippen molar-refractivity contribution in [1.82, 2.24) is 24.6 Å². The van der Waals surface area contributed by atoms with Crippen molar-refractivity contribution in [2.24, 2.45) is 7.05 Å². The highest BCUT2D eigenvalue weighted by Crippen LogP contribution is 2.26. The number of aromatic nitrogens is 4. The lowest BCUT2D eigenvalue weighted by molar-refractivity contribution is 0.0951. The van der Waals surface area contributed by atoms with Crippen LogP contribution in [0, 0.1) is 6.92 Å². The van der Waals surface area contributed by atoms with Gasteiger partial charge in [0.15, 0.2) is 11.4 Å². The van der Waals surface area contributed by atoms with Crippen LogP contribution in [0.4, 0.5) is 0 Å². The van der Waals surface area contributed by atoms with Gasteiger partial charge in [0.1, 0.15) is 5.69 Å². The van der Waals surface area contributed by atoms with Gasteiger partial charge in [0, 0.05) is 24.5 Å². The lowest BCUT2D eigenvalue weighted by Gasteiger charge is -2.11. The number of nitrogens with zero attached hydrogens (tertiary/aromatic N) is 4. The van der Waals surface area contributed by atoms with Crippen LogP contribution in [0.5, 0.6) is 0 Å². The molecule has 4 aromatic rings. The first kappa shape index (κ1) is 18.0. The van der Waals surface area contributed by atoms with E-state index in [2.05, 4.69) is 15.0 Å². The van der Waals surface area contributed by atoms with Gasteiger partial charge in [-0.2, -0.15) is 5.10 Å². The molecule has 0 saturated heterocycles. The molecule has 0 aromatic carbocycles. The monoisotopic (exact) mass is 377 g/mol. The molecule has 0 radical (unpaired) electrons. The van der Waals surface area contributed by atoms with Crippen LogP contribution in [0.15, 0.2) is 47.2 Å². The van der Waals surface area contributed by atoms with E-state index in [1.165, 1.54) is 0 Å². The summed E-state index contributed by atoms with van der Waals surface area (Å²) >= 11 is 0. The molecule has 28 heavy (non-hydrogen) atoms. The van der Waals surface area contributed by atoms with Crippen molar-refractivity contribution < 1.29 is 9.21 Å². The summed E-state index contributed by atoms with van der Waals surface area (Å²) in [5.74, 6) is 0.452. The topological polar surface area (TPSA) is 77.9 Å². The van der Waals surface area contributed by atoms with Crippen LogP contribution in [-0.2, 0) is 13.6 Å². The summed E-state index contributed by atoms with van der Waals surface area (Å²) in [6, 6.07) is 9.58. The van der Waals surface area contributed by atoms with Crippen molar-refractivity contribution in [1.29, 1.82) is 0 Å². The molecule has 4 heterocycles. The Bertz CT molecular complexity index is 1140. The quantitative estimate of drug-likeness (QED) is 0.573. The number of hydrogen-bond donors (Lipinski definition) is 1. The Labute approximate surface area is 163 Å². The highest BCUT2D eigenvalue weighted by Gasteiger charge is 2.19. The average molecular weight is 377 g/mol. The maximum absolute atomic E-state index is 13.0. The van der Waals surface area contributed by atoms with E-state index in [-0.39, 0.29) is 11.9 Å². The number of amides is 1. The van der Waals surface area contributed by atoms with Crippen LogP contribution < -0.4 is 5.32 Å². The summed E-state index contributed by atoms with van der Waals surface area (Å²) < 4.78 is 9.38. The second-order valence-corrected chi connectivity index (χ2v) is 7.16. The van der Waals surface area contributed by atoms with Gasteiger partial charge in [-0.15, -0.1) is 0 Å². The third-order valence-corrected chi connectivity index (χ3v) is 4.98. The number of rotatable bonds is 5. The molecular weight excluding hydrogens is 354 g/mol. The predicted molar refractivity (Wildman–Crippen MR) is 107 cm³/mol. The molecule has 144 valence electrons. The zero-order valence-electron chi connectivity index (χ0n) is 16.4. The van der Waals surface area contributed by atoms with Gasteiger partial charge in [-0.05, 0) is 51.1 Å². The summed E-state index contributed by atoms with van der Waals surface area (Å²) in [7, 11) is 1.99. The van der Waals surface area contributed by atoms with E-state index in [1.807, 2.05) is 50.7 Å². The molecule has 0 fully saturated rings. The Kier molecular flexibility index (Phi) is 4.50. The Morgan fingerprint density at radius 3 is 2.75 bits per heavy atom. The Balaban J connectivity index is 1.74. The molecule has 0 unspecified atom stereocenters. The van der Waals surface area contributed by atoms with Gasteiger partial charge in [-0.25, -0.2) is 9.67 Å². The van der Waals surface area contributed by atoms with Crippen molar-refractivity contribution in [2.45, 2.75) is 33.4 Å². The van der Waals surface area contributed by atoms with E-state index >= 15 is 0 Å². The van der Waals surface area contributed by atoms with Gasteiger partial charge in [-0.1, -0.05) is 0 Å². The molecule has 0 aliphatic carbocycles. The van der Waals surface area contributed by atoms with Crippen LogP contribution in [0.1, 0.15) is 41.6 Å². The van der Waals surface area contributed by atoms with Crippen molar-refractivity contribution in [3.8, 4) is 11.5 Å². The second-order valence-electron chi connectivity index (χ2n) is 7.16. The Morgan fingerprint density at radius 2 is 2.11 bits per heavy atom. The van der Waals surface area contributed by atoms with Crippen molar-refractivity contribution in [3.63, 3.8) is 0 Å². The Hall–Kier alpha value is -3.35. The predicted octanol–water partition coefficient (Wildman–Crippen LogP) is 3.85. The van der Waals surface area contributed by atoms with Gasteiger partial charge in [-0.3, -0.25) is 4.79 Å². The number of hydrogen-bond acceptors (Lipinski definition) is 4. The average Bonchev–Trinajstić information content (AvgIpc) is 3.40. The summed E-state index contributed by atoms with van der Waals surface area (Å²) in [4.78, 5) is 17.7. The van der Waals surface area contributed by atoms with Crippen molar-refractivity contribution in [3.05, 3.63) is 59.7 Å². The minimum Gasteiger partial charge on any atom is -0.463 e. The minimum absolute atomic E-state index is 0.124. The largest absolute Gasteiger partial charge is 0.463 e. The molecule has 0 aliphatic heterocycles. The first-order chi connectivity index (χ1) is 13.5. The molecule has 0 aliphatic rings. The van der Waals surface area contributed by atoms with Crippen molar-refractivity contribution in [2.75, 3.05) is 0 Å². The number of furan rings is 1. The van der Waals surface area contributed by atoms with Crippen molar-refractivity contribution >= 4 is 16.9 Å². The molecule has 1 N–H and O–H groups in total.